The number of amides is 3. The number of aliphatic hydroxyl groups is 1. The number of hydrogen-bond donors (Lipinski definition) is 3. The quantitative estimate of drug-likeness (QED) is 0.267. The van der Waals surface area contributed by atoms with Gasteiger partial charge in [0, 0.05) is 45.2 Å². The lowest BCUT2D eigenvalue weighted by atomic mass is 9.77. The first-order valence-electron chi connectivity index (χ1n) is 17.0. The third-order valence-corrected chi connectivity index (χ3v) is 10.3. The van der Waals surface area contributed by atoms with E-state index in [1.54, 1.807) is 43.3 Å². The molecule has 3 aliphatic rings. The molecule has 0 unspecified atom stereocenters. The molecule has 3 N–H and O–H groups in total. The molecule has 3 amide bonds. The third-order valence-electron chi connectivity index (χ3n) is 10.3. The number of benzene rings is 3. The molecule has 1 spiro atoms. The first-order chi connectivity index (χ1) is 23.2. The number of piperazine rings is 1. The number of carbonyl (C=O) groups is 3. The number of nitrogens with one attached hydrogen (secondary N) is 2. The van der Waals surface area contributed by atoms with Gasteiger partial charge in [-0.15, -0.1) is 12.4 Å². The van der Waals surface area contributed by atoms with E-state index in [2.05, 4.69) is 15.5 Å². The van der Waals surface area contributed by atoms with Crippen LogP contribution in [0.1, 0.15) is 72.9 Å². The second-order valence-corrected chi connectivity index (χ2v) is 13.4. The van der Waals surface area contributed by atoms with Gasteiger partial charge in [-0.2, -0.15) is 0 Å². The molecule has 10 nitrogen and oxygen atoms in total. The number of piperidine rings is 1. The molecule has 1 aliphatic carbocycles. The van der Waals surface area contributed by atoms with Crippen LogP contribution in [0.5, 0.6) is 17.2 Å². The second kappa shape index (κ2) is 15.6. The predicted molar refractivity (Wildman–Crippen MR) is 189 cm³/mol. The van der Waals surface area contributed by atoms with Gasteiger partial charge >= 0.3 is 0 Å². The van der Waals surface area contributed by atoms with Crippen LogP contribution in [-0.2, 0) is 22.7 Å². The molecule has 6 rings (SSSR count). The van der Waals surface area contributed by atoms with E-state index in [0.29, 0.717) is 68.9 Å². The molecular weight excluding hydrogens is 644 g/mol. The third kappa shape index (κ3) is 8.20. The van der Waals surface area contributed by atoms with Crippen LogP contribution in [0.15, 0.2) is 72.8 Å². The summed E-state index contributed by atoms with van der Waals surface area (Å²) in [4.78, 5) is 44.2. The summed E-state index contributed by atoms with van der Waals surface area (Å²) in [7, 11) is 3.22. The molecule has 0 aromatic heterocycles. The van der Waals surface area contributed by atoms with E-state index in [1.165, 1.54) is 0 Å². The number of likely N-dealkylation sites (tertiary alicyclic amines) is 1. The molecule has 0 radical (unpaired) electrons. The van der Waals surface area contributed by atoms with Crippen LogP contribution < -0.4 is 20.1 Å². The zero-order chi connectivity index (χ0) is 33.7. The molecule has 3 fully saturated rings. The Labute approximate surface area is 294 Å². The van der Waals surface area contributed by atoms with Gasteiger partial charge in [0.25, 0.3) is 5.91 Å². The Bertz CT molecular complexity index is 1580. The Morgan fingerprint density at radius 3 is 1.96 bits per heavy atom. The molecule has 3 aromatic rings. The topological polar surface area (TPSA) is 120 Å². The standard InChI is InChI=1S/C38H46N4O6.ClH/c1-39-34(43)29-10-16-32(17-11-29)48-31-14-8-27(9-15-31)25-41-22-20-38(21-23-41)36(45)40-33(24-37(46)18-4-3-5-19-37)35(44)42(38)26-28-6-12-30(47-2)13-7-28;/h6-17,33,46H,3-5,18-26H2,1-2H3,(H,39,43)(H,40,45);1H/t33-;/m1./s1. The van der Waals surface area contributed by atoms with Crippen LogP contribution >= 0.6 is 12.4 Å². The molecule has 0 bridgehead atoms. The molecule has 11 heteroatoms. The average Bonchev–Trinajstić information content (AvgIpc) is 3.11. The minimum absolute atomic E-state index is 0. The summed E-state index contributed by atoms with van der Waals surface area (Å²) in [5.74, 6) is 1.70. The first-order valence-corrected chi connectivity index (χ1v) is 17.0. The van der Waals surface area contributed by atoms with Gasteiger partial charge in [0.15, 0.2) is 0 Å². The van der Waals surface area contributed by atoms with Gasteiger partial charge in [0.05, 0.1) is 12.7 Å². The van der Waals surface area contributed by atoms with Gasteiger partial charge in [-0.1, -0.05) is 43.5 Å². The van der Waals surface area contributed by atoms with Crippen LogP contribution in [0, 0.1) is 0 Å². The van der Waals surface area contributed by atoms with E-state index < -0.39 is 17.2 Å². The number of nitrogens with zero attached hydrogens (tertiary/aromatic N) is 2. The van der Waals surface area contributed by atoms with Crippen LogP contribution in [0.25, 0.3) is 0 Å². The van der Waals surface area contributed by atoms with Crippen molar-refractivity contribution in [3.8, 4) is 17.2 Å². The number of carbonyl (C=O) groups excluding carboxylic acids is 3. The zero-order valence-corrected chi connectivity index (χ0v) is 29.1. The molecule has 1 saturated carbocycles. The highest BCUT2D eigenvalue weighted by molar-refractivity contribution is 6.00. The average molecular weight is 691 g/mol. The highest BCUT2D eigenvalue weighted by atomic mass is 35.5. The highest BCUT2D eigenvalue weighted by Gasteiger charge is 2.54. The van der Waals surface area contributed by atoms with Gasteiger partial charge in [-0.25, -0.2) is 0 Å². The van der Waals surface area contributed by atoms with Crippen LogP contribution in [0.3, 0.4) is 0 Å². The Morgan fingerprint density at radius 2 is 1.39 bits per heavy atom. The van der Waals surface area contributed by atoms with Gasteiger partial charge in [0.2, 0.25) is 11.8 Å². The van der Waals surface area contributed by atoms with Crippen molar-refractivity contribution in [1.29, 1.82) is 0 Å². The Hall–Kier alpha value is -4.12. The van der Waals surface area contributed by atoms with Crippen molar-refractivity contribution in [3.05, 3.63) is 89.5 Å². The Morgan fingerprint density at radius 1 is 0.837 bits per heavy atom. The summed E-state index contributed by atoms with van der Waals surface area (Å²) in [5, 5.41) is 17.0. The lowest BCUT2D eigenvalue weighted by molar-refractivity contribution is -0.164. The number of methoxy groups -OCH3 is 1. The van der Waals surface area contributed by atoms with E-state index in [9.17, 15) is 19.5 Å². The lowest BCUT2D eigenvalue weighted by Gasteiger charge is -2.52. The van der Waals surface area contributed by atoms with Crippen molar-refractivity contribution in [3.63, 3.8) is 0 Å². The van der Waals surface area contributed by atoms with Crippen LogP contribution in [0.2, 0.25) is 0 Å². The molecule has 2 aliphatic heterocycles. The second-order valence-electron chi connectivity index (χ2n) is 13.4. The summed E-state index contributed by atoms with van der Waals surface area (Å²) in [6.45, 7) is 2.34. The van der Waals surface area contributed by atoms with E-state index in [4.69, 9.17) is 9.47 Å². The number of hydrogen-bond acceptors (Lipinski definition) is 7. The SMILES string of the molecule is CNC(=O)c1ccc(Oc2ccc(CN3CCC4(CC3)C(=O)N[C@H](CC3(O)CCCCC3)C(=O)N4Cc3ccc(OC)cc3)cc2)cc1.Cl. The van der Waals surface area contributed by atoms with E-state index >= 15 is 0 Å². The van der Waals surface area contributed by atoms with Crippen molar-refractivity contribution in [2.75, 3.05) is 27.2 Å². The predicted octanol–water partition coefficient (Wildman–Crippen LogP) is 5.22. The molecular formula is C38H47ClN4O6. The van der Waals surface area contributed by atoms with E-state index in [-0.39, 0.29) is 36.5 Å². The summed E-state index contributed by atoms with van der Waals surface area (Å²) in [6, 6.07) is 21.8. The monoisotopic (exact) mass is 690 g/mol. The summed E-state index contributed by atoms with van der Waals surface area (Å²) in [6.07, 6.45) is 5.56. The van der Waals surface area contributed by atoms with Gasteiger partial charge in [0.1, 0.15) is 28.8 Å². The smallest absolute Gasteiger partial charge is 0.251 e. The fourth-order valence-corrected chi connectivity index (χ4v) is 7.40. The van der Waals surface area contributed by atoms with Gasteiger partial charge in [-0.3, -0.25) is 19.3 Å². The summed E-state index contributed by atoms with van der Waals surface area (Å²) in [5.41, 5.74) is 0.738. The Balaban J connectivity index is 0.00000468. The Kier molecular flexibility index (Phi) is 11.5. The molecule has 2 saturated heterocycles. The highest BCUT2D eigenvalue weighted by Crippen LogP contribution is 2.38. The zero-order valence-electron chi connectivity index (χ0n) is 28.3. The lowest BCUT2D eigenvalue weighted by Crippen LogP contribution is -2.73. The molecule has 2 heterocycles. The minimum Gasteiger partial charge on any atom is -0.497 e. The molecule has 3 aromatic carbocycles. The first kappa shape index (κ1) is 36.2. The molecule has 262 valence electrons. The van der Waals surface area contributed by atoms with E-state index in [0.717, 1.165) is 36.1 Å². The largest absolute Gasteiger partial charge is 0.497 e. The van der Waals surface area contributed by atoms with Crippen LogP contribution in [-0.4, -0.2) is 77.1 Å². The van der Waals surface area contributed by atoms with Crippen molar-refractivity contribution in [2.24, 2.45) is 0 Å². The number of rotatable bonds is 10. The van der Waals surface area contributed by atoms with E-state index in [1.807, 2.05) is 48.5 Å². The van der Waals surface area contributed by atoms with Gasteiger partial charge < -0.3 is 30.1 Å². The molecule has 1 atom stereocenters. The minimum atomic E-state index is -0.954. The summed E-state index contributed by atoms with van der Waals surface area (Å²) < 4.78 is 11.3. The maximum Gasteiger partial charge on any atom is 0.251 e. The van der Waals surface area contributed by atoms with Crippen molar-refractivity contribution >= 4 is 30.1 Å². The maximum absolute atomic E-state index is 14.2. The summed E-state index contributed by atoms with van der Waals surface area (Å²) >= 11 is 0. The van der Waals surface area contributed by atoms with Crippen molar-refractivity contribution < 1.29 is 29.0 Å². The molecule has 49 heavy (non-hydrogen) atoms. The fraction of sp³-hybridized carbons (Fsp3) is 0.447. The maximum atomic E-state index is 14.2. The number of halogens is 1. The number of ether oxygens (including phenoxy) is 2. The van der Waals surface area contributed by atoms with Crippen LogP contribution in [0.4, 0.5) is 0 Å². The normalized spacial score (nSPS) is 20.2. The van der Waals surface area contributed by atoms with Crippen molar-refractivity contribution in [2.45, 2.75) is 81.6 Å². The van der Waals surface area contributed by atoms with Crippen molar-refractivity contribution in [1.82, 2.24) is 20.4 Å². The fourth-order valence-electron chi connectivity index (χ4n) is 7.40. The van der Waals surface area contributed by atoms with Gasteiger partial charge in [-0.05, 0) is 85.3 Å².